The van der Waals surface area contributed by atoms with E-state index in [9.17, 15) is 8.42 Å². The van der Waals surface area contributed by atoms with Crippen LogP contribution >= 0.6 is 24.0 Å². The molecule has 2 unspecified atom stereocenters. The van der Waals surface area contributed by atoms with E-state index in [4.69, 9.17) is 9.47 Å². The number of nitrogens with zero attached hydrogens (tertiary/aromatic N) is 3. The molecule has 31 heavy (non-hydrogen) atoms. The average Bonchev–Trinajstić information content (AvgIpc) is 3.15. The molecule has 1 aromatic carbocycles. The van der Waals surface area contributed by atoms with Crippen LogP contribution in [0.3, 0.4) is 0 Å². The molecule has 2 saturated heterocycles. The molecule has 0 spiro atoms. The zero-order chi connectivity index (χ0) is 21.4. The van der Waals surface area contributed by atoms with Crippen molar-refractivity contribution in [2.24, 2.45) is 4.99 Å². The largest absolute Gasteiger partial charge is 0.378 e. The Bertz CT molecular complexity index is 794. The van der Waals surface area contributed by atoms with Crippen molar-refractivity contribution in [2.75, 3.05) is 64.6 Å². The fraction of sp³-hybridized carbons (Fsp3) is 0.667. The summed E-state index contributed by atoms with van der Waals surface area (Å²) in [7, 11) is -2.99. The third kappa shape index (κ3) is 8.49. The fourth-order valence-corrected chi connectivity index (χ4v) is 4.32. The number of fused-ring (bicyclic) bond motifs is 1. The van der Waals surface area contributed by atoms with E-state index < -0.39 is 9.84 Å². The van der Waals surface area contributed by atoms with Crippen molar-refractivity contribution in [1.82, 2.24) is 15.1 Å². The summed E-state index contributed by atoms with van der Waals surface area (Å²) in [6, 6.07) is 10.9. The van der Waals surface area contributed by atoms with Crippen LogP contribution in [0, 0.1) is 0 Å². The highest BCUT2D eigenvalue weighted by molar-refractivity contribution is 14.0. The van der Waals surface area contributed by atoms with Gasteiger partial charge in [-0.2, -0.15) is 0 Å². The van der Waals surface area contributed by atoms with Crippen LogP contribution in [0.25, 0.3) is 0 Å². The lowest BCUT2D eigenvalue weighted by Crippen LogP contribution is -2.50. The molecule has 2 aliphatic rings. The maximum absolute atomic E-state index is 11.2. The van der Waals surface area contributed by atoms with E-state index in [2.05, 4.69) is 51.3 Å². The van der Waals surface area contributed by atoms with Crippen LogP contribution in [0.1, 0.15) is 12.5 Å². The monoisotopic (exact) mass is 566 g/mol. The molecule has 2 atom stereocenters. The van der Waals surface area contributed by atoms with Crippen molar-refractivity contribution >= 4 is 39.8 Å². The SMILES string of the molecule is CCNC(=NCCOCCS(C)(=O)=O)N1CC2OCCN(Cc3ccccc3)C2C1.I. The van der Waals surface area contributed by atoms with Crippen LogP contribution in [-0.2, 0) is 25.9 Å². The molecule has 2 heterocycles. The van der Waals surface area contributed by atoms with Gasteiger partial charge < -0.3 is 19.7 Å². The second-order valence-electron chi connectivity index (χ2n) is 7.82. The summed E-state index contributed by atoms with van der Waals surface area (Å²) in [5, 5.41) is 3.36. The lowest BCUT2D eigenvalue weighted by atomic mass is 10.1. The lowest BCUT2D eigenvalue weighted by molar-refractivity contribution is -0.0502. The molecule has 2 aliphatic heterocycles. The first-order valence-electron chi connectivity index (χ1n) is 10.6. The van der Waals surface area contributed by atoms with E-state index in [0.717, 1.165) is 45.3 Å². The van der Waals surface area contributed by atoms with Crippen molar-refractivity contribution in [1.29, 1.82) is 0 Å². The standard InChI is InChI=1S/C21H34N4O4S.HI/c1-3-22-21(23-9-11-28-13-14-30(2,26)27)25-16-19-20(17-25)29-12-10-24(19)15-18-7-5-4-6-8-18;/h4-8,19-20H,3,9-17H2,1-2H3,(H,22,23);1H. The summed E-state index contributed by atoms with van der Waals surface area (Å²) in [6.45, 7) is 8.26. The first kappa shape index (κ1) is 26.3. The van der Waals surface area contributed by atoms with E-state index >= 15 is 0 Å². The van der Waals surface area contributed by atoms with Gasteiger partial charge in [-0.15, -0.1) is 24.0 Å². The number of likely N-dealkylation sites (tertiary alicyclic amines) is 1. The summed E-state index contributed by atoms with van der Waals surface area (Å²) in [5.41, 5.74) is 1.32. The number of rotatable bonds is 9. The third-order valence-corrected chi connectivity index (χ3v) is 6.28. The highest BCUT2D eigenvalue weighted by Crippen LogP contribution is 2.24. The number of aliphatic imine (C=N–C) groups is 1. The smallest absolute Gasteiger partial charge is 0.194 e. The minimum Gasteiger partial charge on any atom is -0.378 e. The molecule has 0 bridgehead atoms. The van der Waals surface area contributed by atoms with Gasteiger partial charge in [-0.1, -0.05) is 30.3 Å². The van der Waals surface area contributed by atoms with Gasteiger partial charge in [0.1, 0.15) is 9.84 Å². The van der Waals surface area contributed by atoms with Gasteiger partial charge >= 0.3 is 0 Å². The molecule has 0 radical (unpaired) electrons. The van der Waals surface area contributed by atoms with Crippen LogP contribution in [0.2, 0.25) is 0 Å². The fourth-order valence-electron chi connectivity index (χ4n) is 3.90. The number of benzene rings is 1. The first-order valence-corrected chi connectivity index (χ1v) is 12.7. The van der Waals surface area contributed by atoms with Gasteiger partial charge in [0, 0.05) is 39.0 Å². The van der Waals surface area contributed by atoms with Crippen molar-refractivity contribution in [2.45, 2.75) is 25.6 Å². The van der Waals surface area contributed by atoms with E-state index in [0.29, 0.717) is 19.2 Å². The molecular formula is C21H35IN4O4S. The van der Waals surface area contributed by atoms with Gasteiger partial charge in [-0.3, -0.25) is 9.89 Å². The molecule has 3 rings (SSSR count). The maximum atomic E-state index is 11.2. The maximum Gasteiger partial charge on any atom is 0.194 e. The Morgan fingerprint density at radius 1 is 1.26 bits per heavy atom. The van der Waals surface area contributed by atoms with E-state index in [1.807, 2.05) is 6.07 Å². The van der Waals surface area contributed by atoms with E-state index in [-0.39, 0.29) is 42.4 Å². The van der Waals surface area contributed by atoms with Crippen LogP contribution in [0.5, 0.6) is 0 Å². The molecule has 8 nitrogen and oxygen atoms in total. The average molecular weight is 567 g/mol. The highest BCUT2D eigenvalue weighted by atomic mass is 127. The molecule has 0 amide bonds. The summed E-state index contributed by atoms with van der Waals surface area (Å²) in [6.07, 6.45) is 1.39. The lowest BCUT2D eigenvalue weighted by Gasteiger charge is -2.36. The topological polar surface area (TPSA) is 83.5 Å². The molecule has 2 fully saturated rings. The number of ether oxygens (including phenoxy) is 2. The van der Waals surface area contributed by atoms with Gasteiger partial charge in [0.15, 0.2) is 5.96 Å². The normalized spacial score (nSPS) is 22.1. The van der Waals surface area contributed by atoms with Crippen LogP contribution in [-0.4, -0.2) is 101 Å². The van der Waals surface area contributed by atoms with Gasteiger partial charge in [-0.25, -0.2) is 8.42 Å². The molecule has 1 N–H and O–H groups in total. The number of sulfone groups is 1. The first-order chi connectivity index (χ1) is 14.5. The molecule has 0 saturated carbocycles. The zero-order valence-corrected chi connectivity index (χ0v) is 21.6. The molecule has 0 aliphatic carbocycles. The number of morpholine rings is 1. The molecule has 1 aromatic rings. The minimum absolute atomic E-state index is 0. The third-order valence-electron chi connectivity index (χ3n) is 5.37. The van der Waals surface area contributed by atoms with Crippen LogP contribution in [0.4, 0.5) is 0 Å². The van der Waals surface area contributed by atoms with Gasteiger partial charge in [0.05, 0.1) is 44.3 Å². The number of halogens is 1. The van der Waals surface area contributed by atoms with Crippen molar-refractivity contribution in [3.05, 3.63) is 35.9 Å². The number of nitrogens with one attached hydrogen (secondary N) is 1. The second-order valence-corrected chi connectivity index (χ2v) is 10.1. The summed E-state index contributed by atoms with van der Waals surface area (Å²) in [5.74, 6) is 0.905. The Hall–Kier alpha value is -0.950. The predicted molar refractivity (Wildman–Crippen MR) is 134 cm³/mol. The Morgan fingerprint density at radius 2 is 2.03 bits per heavy atom. The predicted octanol–water partition coefficient (Wildman–Crippen LogP) is 1.22. The second kappa shape index (κ2) is 12.9. The van der Waals surface area contributed by atoms with Gasteiger partial charge in [-0.05, 0) is 12.5 Å². The Morgan fingerprint density at radius 3 is 2.74 bits per heavy atom. The van der Waals surface area contributed by atoms with Crippen molar-refractivity contribution < 1.29 is 17.9 Å². The van der Waals surface area contributed by atoms with Crippen LogP contribution in [0.15, 0.2) is 35.3 Å². The number of guanidine groups is 1. The zero-order valence-electron chi connectivity index (χ0n) is 18.4. The van der Waals surface area contributed by atoms with Gasteiger partial charge in [0.25, 0.3) is 0 Å². The Balaban J connectivity index is 0.00000341. The number of hydrogen-bond acceptors (Lipinski definition) is 6. The highest BCUT2D eigenvalue weighted by Gasteiger charge is 2.41. The molecule has 176 valence electrons. The minimum atomic E-state index is -2.99. The molecule has 10 heteroatoms. The summed E-state index contributed by atoms with van der Waals surface area (Å²) < 4.78 is 33.8. The molecular weight excluding hydrogens is 531 g/mol. The quantitative estimate of drug-likeness (QED) is 0.208. The van der Waals surface area contributed by atoms with E-state index in [1.54, 1.807) is 0 Å². The molecule has 0 aromatic heterocycles. The Labute approximate surface area is 203 Å². The van der Waals surface area contributed by atoms with Crippen LogP contribution < -0.4 is 5.32 Å². The summed E-state index contributed by atoms with van der Waals surface area (Å²) >= 11 is 0. The number of hydrogen-bond donors (Lipinski definition) is 1. The van der Waals surface area contributed by atoms with Crippen molar-refractivity contribution in [3.8, 4) is 0 Å². The van der Waals surface area contributed by atoms with E-state index in [1.165, 1.54) is 11.8 Å². The van der Waals surface area contributed by atoms with Crippen molar-refractivity contribution in [3.63, 3.8) is 0 Å². The summed E-state index contributed by atoms with van der Waals surface area (Å²) in [4.78, 5) is 9.46. The Kier molecular flexibility index (Phi) is 11.0. The van der Waals surface area contributed by atoms with Gasteiger partial charge in [0.2, 0.25) is 0 Å².